The summed E-state index contributed by atoms with van der Waals surface area (Å²) in [6.45, 7) is 0.351. The Kier molecular flexibility index (Phi) is 4.09. The maximum absolute atomic E-state index is 11.8. The summed E-state index contributed by atoms with van der Waals surface area (Å²) in [5, 5.41) is 5.48. The molecule has 0 unspecified atom stereocenters. The van der Waals surface area contributed by atoms with Crippen LogP contribution in [0.3, 0.4) is 0 Å². The lowest BCUT2D eigenvalue weighted by Gasteiger charge is -2.13. The fourth-order valence-corrected chi connectivity index (χ4v) is 1.71. The average molecular weight is 274 g/mol. The SMILES string of the molecule is CNc1ccc(C(=O)NCCN2C(=O)C=CC2=O)cn1. The van der Waals surface area contributed by atoms with E-state index in [1.165, 1.54) is 18.3 Å². The predicted octanol–water partition coefficient (Wildman–Crippen LogP) is -0.222. The van der Waals surface area contributed by atoms with Crippen LogP contribution in [0, 0.1) is 0 Å². The molecule has 2 N–H and O–H groups in total. The lowest BCUT2D eigenvalue weighted by atomic mass is 10.2. The Hall–Kier alpha value is -2.70. The summed E-state index contributed by atoms with van der Waals surface area (Å²) in [6.07, 6.45) is 3.88. The number of carbonyl (C=O) groups is 3. The van der Waals surface area contributed by atoms with E-state index in [2.05, 4.69) is 15.6 Å². The molecule has 1 aliphatic heterocycles. The number of rotatable bonds is 5. The van der Waals surface area contributed by atoms with Crippen LogP contribution < -0.4 is 10.6 Å². The summed E-state index contributed by atoms with van der Waals surface area (Å²) in [6, 6.07) is 3.33. The van der Waals surface area contributed by atoms with Crippen LogP contribution in [0.25, 0.3) is 0 Å². The van der Waals surface area contributed by atoms with Crippen molar-refractivity contribution in [1.82, 2.24) is 15.2 Å². The summed E-state index contributed by atoms with van der Waals surface area (Å²) in [5.74, 6) is -0.346. The van der Waals surface area contributed by atoms with Crippen molar-refractivity contribution in [2.24, 2.45) is 0 Å². The molecule has 2 heterocycles. The lowest BCUT2D eigenvalue weighted by molar-refractivity contribution is -0.136. The van der Waals surface area contributed by atoms with Crippen LogP contribution in [0.2, 0.25) is 0 Å². The first-order chi connectivity index (χ1) is 9.61. The predicted molar refractivity (Wildman–Crippen MR) is 72.0 cm³/mol. The number of nitrogens with one attached hydrogen (secondary N) is 2. The van der Waals surface area contributed by atoms with E-state index in [1.54, 1.807) is 19.2 Å². The van der Waals surface area contributed by atoms with Crippen molar-refractivity contribution >= 4 is 23.5 Å². The number of pyridine rings is 1. The van der Waals surface area contributed by atoms with Gasteiger partial charge in [0, 0.05) is 38.5 Å². The van der Waals surface area contributed by atoms with Gasteiger partial charge in [-0.25, -0.2) is 4.98 Å². The van der Waals surface area contributed by atoms with Gasteiger partial charge in [0.05, 0.1) is 5.56 Å². The molecule has 0 spiro atoms. The van der Waals surface area contributed by atoms with Crippen molar-refractivity contribution in [1.29, 1.82) is 0 Å². The Morgan fingerprint density at radius 3 is 2.50 bits per heavy atom. The normalized spacial score (nSPS) is 13.8. The molecule has 0 atom stereocenters. The van der Waals surface area contributed by atoms with Crippen molar-refractivity contribution in [2.45, 2.75) is 0 Å². The molecule has 1 aromatic heterocycles. The van der Waals surface area contributed by atoms with E-state index in [0.717, 1.165) is 4.90 Å². The third-order valence-corrected chi connectivity index (χ3v) is 2.80. The third-order valence-electron chi connectivity index (χ3n) is 2.80. The highest BCUT2D eigenvalue weighted by atomic mass is 16.2. The van der Waals surface area contributed by atoms with Gasteiger partial charge in [-0.3, -0.25) is 19.3 Å². The zero-order chi connectivity index (χ0) is 14.5. The van der Waals surface area contributed by atoms with Crippen LogP contribution >= 0.6 is 0 Å². The standard InChI is InChI=1S/C13H14N4O3/c1-14-10-3-2-9(8-16-10)13(20)15-6-7-17-11(18)4-5-12(17)19/h2-5,8H,6-7H2,1H3,(H,14,16)(H,15,20). The van der Waals surface area contributed by atoms with E-state index in [-0.39, 0.29) is 30.8 Å². The van der Waals surface area contributed by atoms with Gasteiger partial charge in [-0.1, -0.05) is 0 Å². The molecule has 0 fully saturated rings. The van der Waals surface area contributed by atoms with Gasteiger partial charge in [-0.05, 0) is 12.1 Å². The van der Waals surface area contributed by atoms with E-state index < -0.39 is 0 Å². The average Bonchev–Trinajstić information content (AvgIpc) is 2.79. The van der Waals surface area contributed by atoms with Gasteiger partial charge >= 0.3 is 0 Å². The van der Waals surface area contributed by atoms with E-state index in [4.69, 9.17) is 0 Å². The van der Waals surface area contributed by atoms with Crippen molar-refractivity contribution in [2.75, 3.05) is 25.5 Å². The maximum Gasteiger partial charge on any atom is 0.253 e. The number of imide groups is 1. The van der Waals surface area contributed by atoms with Gasteiger partial charge < -0.3 is 10.6 Å². The molecule has 0 saturated heterocycles. The molecule has 20 heavy (non-hydrogen) atoms. The van der Waals surface area contributed by atoms with Crippen LogP contribution in [0.1, 0.15) is 10.4 Å². The molecule has 3 amide bonds. The molecule has 2 rings (SSSR count). The molecule has 7 heteroatoms. The molecule has 0 saturated carbocycles. The molecule has 1 aromatic rings. The minimum absolute atomic E-state index is 0.151. The second-order valence-corrected chi connectivity index (χ2v) is 4.10. The highest BCUT2D eigenvalue weighted by Gasteiger charge is 2.22. The van der Waals surface area contributed by atoms with E-state index in [1.807, 2.05) is 0 Å². The number of aromatic nitrogens is 1. The second kappa shape index (κ2) is 5.96. The van der Waals surface area contributed by atoms with Crippen LogP contribution in [-0.4, -0.2) is 47.7 Å². The molecule has 0 aromatic carbocycles. The summed E-state index contributed by atoms with van der Waals surface area (Å²) >= 11 is 0. The number of carbonyl (C=O) groups excluding carboxylic acids is 3. The molecular weight excluding hydrogens is 260 g/mol. The molecule has 7 nitrogen and oxygen atoms in total. The van der Waals surface area contributed by atoms with Crippen LogP contribution in [-0.2, 0) is 9.59 Å². The summed E-state index contributed by atoms with van der Waals surface area (Å²) < 4.78 is 0. The molecule has 0 aliphatic carbocycles. The second-order valence-electron chi connectivity index (χ2n) is 4.10. The Morgan fingerprint density at radius 1 is 1.25 bits per heavy atom. The van der Waals surface area contributed by atoms with E-state index >= 15 is 0 Å². The Morgan fingerprint density at radius 2 is 1.95 bits per heavy atom. The van der Waals surface area contributed by atoms with Gasteiger partial charge in [0.15, 0.2) is 0 Å². The third kappa shape index (κ3) is 3.00. The zero-order valence-corrected chi connectivity index (χ0v) is 10.9. The number of nitrogens with zero attached hydrogens (tertiary/aromatic N) is 2. The molecule has 0 radical (unpaired) electrons. The summed E-state index contributed by atoms with van der Waals surface area (Å²) in [4.78, 5) is 39.5. The first kappa shape index (κ1) is 13.7. The van der Waals surface area contributed by atoms with E-state index in [0.29, 0.717) is 11.4 Å². The van der Waals surface area contributed by atoms with Gasteiger partial charge in [-0.15, -0.1) is 0 Å². The lowest BCUT2D eigenvalue weighted by Crippen LogP contribution is -2.38. The quantitative estimate of drug-likeness (QED) is 0.724. The fraction of sp³-hybridized carbons (Fsp3) is 0.231. The maximum atomic E-state index is 11.8. The summed E-state index contributed by atoms with van der Waals surface area (Å²) in [5.41, 5.74) is 0.418. The van der Waals surface area contributed by atoms with E-state index in [9.17, 15) is 14.4 Å². The highest BCUT2D eigenvalue weighted by molar-refractivity contribution is 6.12. The molecule has 0 bridgehead atoms. The number of amides is 3. The molecule has 1 aliphatic rings. The molecular formula is C13H14N4O3. The van der Waals surface area contributed by atoms with Crippen molar-refractivity contribution < 1.29 is 14.4 Å². The van der Waals surface area contributed by atoms with Crippen LogP contribution in [0.15, 0.2) is 30.5 Å². The first-order valence-corrected chi connectivity index (χ1v) is 6.07. The van der Waals surface area contributed by atoms with Crippen molar-refractivity contribution in [3.05, 3.63) is 36.0 Å². The zero-order valence-electron chi connectivity index (χ0n) is 10.9. The largest absolute Gasteiger partial charge is 0.373 e. The van der Waals surface area contributed by atoms with Crippen molar-refractivity contribution in [3.63, 3.8) is 0 Å². The monoisotopic (exact) mass is 274 g/mol. The minimum Gasteiger partial charge on any atom is -0.373 e. The number of anilines is 1. The van der Waals surface area contributed by atoms with Gasteiger partial charge in [0.25, 0.3) is 17.7 Å². The minimum atomic E-state index is -0.357. The smallest absolute Gasteiger partial charge is 0.253 e. The Labute approximate surface area is 115 Å². The number of hydrogen-bond acceptors (Lipinski definition) is 5. The topological polar surface area (TPSA) is 91.4 Å². The first-order valence-electron chi connectivity index (χ1n) is 6.07. The highest BCUT2D eigenvalue weighted by Crippen LogP contribution is 2.04. The summed E-state index contributed by atoms with van der Waals surface area (Å²) in [7, 11) is 1.74. The Balaban J connectivity index is 1.83. The molecule has 104 valence electrons. The Bertz CT molecular complexity index is 547. The van der Waals surface area contributed by atoms with Gasteiger partial charge in [0.2, 0.25) is 0 Å². The van der Waals surface area contributed by atoms with Gasteiger partial charge in [0.1, 0.15) is 5.82 Å². The van der Waals surface area contributed by atoms with Crippen LogP contribution in [0.5, 0.6) is 0 Å². The van der Waals surface area contributed by atoms with Gasteiger partial charge in [-0.2, -0.15) is 0 Å². The van der Waals surface area contributed by atoms with Crippen LogP contribution in [0.4, 0.5) is 5.82 Å². The number of hydrogen-bond donors (Lipinski definition) is 2. The fourth-order valence-electron chi connectivity index (χ4n) is 1.71. The van der Waals surface area contributed by atoms with Crippen molar-refractivity contribution in [3.8, 4) is 0 Å².